The molecule has 0 fully saturated rings. The topological polar surface area (TPSA) is 76.1 Å². The van der Waals surface area contributed by atoms with E-state index in [-0.39, 0.29) is 11.6 Å². The third kappa shape index (κ3) is 4.49. The third-order valence-corrected chi connectivity index (χ3v) is 3.98. The summed E-state index contributed by atoms with van der Waals surface area (Å²) < 4.78 is 5.18. The van der Waals surface area contributed by atoms with Gasteiger partial charge in [0.2, 0.25) is 5.95 Å². The number of carbonyl (C=O) groups excluding carboxylic acids is 1. The van der Waals surface area contributed by atoms with Gasteiger partial charge in [-0.2, -0.15) is 0 Å². The van der Waals surface area contributed by atoms with E-state index in [2.05, 4.69) is 20.6 Å². The molecule has 3 aromatic rings. The lowest BCUT2D eigenvalue weighted by Gasteiger charge is -2.09. The largest absolute Gasteiger partial charge is 0.497 e. The summed E-state index contributed by atoms with van der Waals surface area (Å²) in [6, 6.07) is 16.3. The highest BCUT2D eigenvalue weighted by atomic mass is 35.5. The average Bonchev–Trinajstić information content (AvgIpc) is 2.67. The summed E-state index contributed by atoms with van der Waals surface area (Å²) in [5.74, 6) is 0.730. The van der Waals surface area contributed by atoms with Crippen LogP contribution in [-0.2, 0) is 6.54 Å². The van der Waals surface area contributed by atoms with Crippen LogP contribution in [0, 0.1) is 0 Å². The number of carbonyl (C=O) groups is 1. The molecule has 0 unspecified atom stereocenters. The molecule has 26 heavy (non-hydrogen) atoms. The number of benzene rings is 2. The summed E-state index contributed by atoms with van der Waals surface area (Å²) >= 11 is 6.10. The fourth-order valence-corrected chi connectivity index (χ4v) is 2.49. The Labute approximate surface area is 156 Å². The SMILES string of the molecule is COc1cccc(Nc2nccc(C(=O)NCc3ccccc3Cl)n2)c1. The van der Waals surface area contributed by atoms with Crippen molar-refractivity contribution in [3.63, 3.8) is 0 Å². The van der Waals surface area contributed by atoms with Gasteiger partial charge in [-0.1, -0.05) is 35.9 Å². The molecular weight excluding hydrogens is 352 g/mol. The minimum Gasteiger partial charge on any atom is -0.497 e. The summed E-state index contributed by atoms with van der Waals surface area (Å²) in [7, 11) is 1.60. The second-order valence-corrected chi connectivity index (χ2v) is 5.80. The molecule has 0 saturated carbocycles. The zero-order valence-electron chi connectivity index (χ0n) is 14.1. The van der Waals surface area contributed by atoms with Crippen molar-refractivity contribution in [2.24, 2.45) is 0 Å². The van der Waals surface area contributed by atoms with Gasteiger partial charge in [0, 0.05) is 29.5 Å². The highest BCUT2D eigenvalue weighted by Gasteiger charge is 2.10. The lowest BCUT2D eigenvalue weighted by Crippen LogP contribution is -2.24. The van der Waals surface area contributed by atoms with Crippen molar-refractivity contribution in [3.05, 3.63) is 77.1 Å². The number of anilines is 2. The predicted molar refractivity (Wildman–Crippen MR) is 101 cm³/mol. The molecule has 1 heterocycles. The van der Waals surface area contributed by atoms with Crippen LogP contribution in [0.1, 0.15) is 16.1 Å². The summed E-state index contributed by atoms with van der Waals surface area (Å²) in [6.07, 6.45) is 1.53. The van der Waals surface area contributed by atoms with Gasteiger partial charge in [0.15, 0.2) is 0 Å². The molecule has 0 atom stereocenters. The van der Waals surface area contributed by atoms with Crippen molar-refractivity contribution < 1.29 is 9.53 Å². The first-order valence-corrected chi connectivity index (χ1v) is 8.29. The Morgan fingerprint density at radius 1 is 1.15 bits per heavy atom. The van der Waals surface area contributed by atoms with E-state index in [0.29, 0.717) is 23.3 Å². The molecule has 0 aliphatic rings. The normalized spacial score (nSPS) is 10.2. The van der Waals surface area contributed by atoms with E-state index in [0.717, 1.165) is 11.3 Å². The molecule has 3 rings (SSSR count). The van der Waals surface area contributed by atoms with Crippen LogP contribution in [0.25, 0.3) is 0 Å². The van der Waals surface area contributed by atoms with Crippen LogP contribution >= 0.6 is 11.6 Å². The quantitative estimate of drug-likeness (QED) is 0.691. The van der Waals surface area contributed by atoms with Crippen LogP contribution in [0.4, 0.5) is 11.6 Å². The summed E-state index contributed by atoms with van der Waals surface area (Å²) in [5, 5.41) is 6.46. The summed E-state index contributed by atoms with van der Waals surface area (Å²) in [4.78, 5) is 20.7. The molecule has 1 amide bonds. The molecule has 0 bridgehead atoms. The molecule has 132 valence electrons. The fraction of sp³-hybridized carbons (Fsp3) is 0.105. The minimum atomic E-state index is -0.305. The number of ether oxygens (including phenoxy) is 1. The first-order valence-electron chi connectivity index (χ1n) is 7.91. The van der Waals surface area contributed by atoms with Crippen LogP contribution in [0.3, 0.4) is 0 Å². The molecule has 6 nitrogen and oxygen atoms in total. The second kappa shape index (κ2) is 8.31. The zero-order chi connectivity index (χ0) is 18.4. The van der Waals surface area contributed by atoms with E-state index >= 15 is 0 Å². The van der Waals surface area contributed by atoms with Gasteiger partial charge in [0.05, 0.1) is 7.11 Å². The van der Waals surface area contributed by atoms with E-state index in [9.17, 15) is 4.79 Å². The maximum absolute atomic E-state index is 12.3. The Morgan fingerprint density at radius 2 is 2.00 bits per heavy atom. The van der Waals surface area contributed by atoms with Gasteiger partial charge in [-0.05, 0) is 29.8 Å². The number of methoxy groups -OCH3 is 1. The van der Waals surface area contributed by atoms with Gasteiger partial charge in [-0.25, -0.2) is 9.97 Å². The Kier molecular flexibility index (Phi) is 5.66. The standard InChI is InChI=1S/C19H17ClN4O2/c1-26-15-7-4-6-14(11-15)23-19-21-10-9-17(24-19)18(25)22-12-13-5-2-3-8-16(13)20/h2-11H,12H2,1H3,(H,22,25)(H,21,23,24). The maximum Gasteiger partial charge on any atom is 0.270 e. The molecule has 0 aliphatic carbocycles. The Morgan fingerprint density at radius 3 is 2.81 bits per heavy atom. The monoisotopic (exact) mass is 368 g/mol. The van der Waals surface area contributed by atoms with E-state index in [1.807, 2.05) is 42.5 Å². The molecule has 1 aromatic heterocycles. The highest BCUT2D eigenvalue weighted by molar-refractivity contribution is 6.31. The van der Waals surface area contributed by atoms with Crippen molar-refractivity contribution in [3.8, 4) is 5.75 Å². The van der Waals surface area contributed by atoms with Crippen LogP contribution in [0.5, 0.6) is 5.75 Å². The number of halogens is 1. The number of nitrogens with one attached hydrogen (secondary N) is 2. The predicted octanol–water partition coefficient (Wildman–Crippen LogP) is 3.81. The Bertz CT molecular complexity index is 917. The number of hydrogen-bond acceptors (Lipinski definition) is 5. The Hall–Kier alpha value is -3.12. The van der Waals surface area contributed by atoms with E-state index in [1.165, 1.54) is 6.20 Å². The molecule has 7 heteroatoms. The number of amides is 1. The lowest BCUT2D eigenvalue weighted by molar-refractivity contribution is 0.0946. The molecule has 0 radical (unpaired) electrons. The first kappa shape index (κ1) is 17.7. The van der Waals surface area contributed by atoms with Crippen molar-refractivity contribution >= 4 is 29.1 Å². The number of rotatable bonds is 6. The zero-order valence-corrected chi connectivity index (χ0v) is 14.8. The Balaban J connectivity index is 1.68. The van der Waals surface area contributed by atoms with Gasteiger partial charge in [-0.15, -0.1) is 0 Å². The first-order chi connectivity index (χ1) is 12.7. The van der Waals surface area contributed by atoms with Crippen LogP contribution < -0.4 is 15.4 Å². The summed E-state index contributed by atoms with van der Waals surface area (Å²) in [6.45, 7) is 0.321. The number of nitrogens with zero attached hydrogens (tertiary/aromatic N) is 2. The molecule has 0 spiro atoms. The molecule has 2 aromatic carbocycles. The molecule has 0 aliphatic heterocycles. The van der Waals surface area contributed by atoms with Crippen LogP contribution in [-0.4, -0.2) is 23.0 Å². The third-order valence-electron chi connectivity index (χ3n) is 3.61. The molecule has 2 N–H and O–H groups in total. The van der Waals surface area contributed by atoms with E-state index < -0.39 is 0 Å². The van der Waals surface area contributed by atoms with Crippen molar-refractivity contribution in [1.29, 1.82) is 0 Å². The van der Waals surface area contributed by atoms with Gasteiger partial charge in [0.25, 0.3) is 5.91 Å². The van der Waals surface area contributed by atoms with E-state index in [4.69, 9.17) is 16.3 Å². The average molecular weight is 369 g/mol. The van der Waals surface area contributed by atoms with Crippen molar-refractivity contribution in [2.45, 2.75) is 6.54 Å². The molecule has 0 saturated heterocycles. The minimum absolute atomic E-state index is 0.262. The maximum atomic E-state index is 12.3. The van der Waals surface area contributed by atoms with Gasteiger partial charge in [0.1, 0.15) is 11.4 Å². The smallest absolute Gasteiger partial charge is 0.270 e. The number of hydrogen-bond donors (Lipinski definition) is 2. The van der Waals surface area contributed by atoms with Crippen LogP contribution in [0.2, 0.25) is 5.02 Å². The highest BCUT2D eigenvalue weighted by Crippen LogP contribution is 2.19. The number of aromatic nitrogens is 2. The second-order valence-electron chi connectivity index (χ2n) is 5.40. The van der Waals surface area contributed by atoms with Gasteiger partial charge in [-0.3, -0.25) is 4.79 Å². The van der Waals surface area contributed by atoms with Crippen molar-refractivity contribution in [2.75, 3.05) is 12.4 Å². The van der Waals surface area contributed by atoms with E-state index in [1.54, 1.807) is 19.2 Å². The fourth-order valence-electron chi connectivity index (χ4n) is 2.28. The van der Waals surface area contributed by atoms with Crippen LogP contribution in [0.15, 0.2) is 60.8 Å². The van der Waals surface area contributed by atoms with Gasteiger partial charge >= 0.3 is 0 Å². The summed E-state index contributed by atoms with van der Waals surface area (Å²) in [5.41, 5.74) is 1.86. The lowest BCUT2D eigenvalue weighted by atomic mass is 10.2. The van der Waals surface area contributed by atoms with Gasteiger partial charge < -0.3 is 15.4 Å². The van der Waals surface area contributed by atoms with Crippen molar-refractivity contribution in [1.82, 2.24) is 15.3 Å². The molecular formula is C19H17ClN4O2.